The fourth-order valence-electron chi connectivity index (χ4n) is 3.19. The molecule has 8 heteroatoms. The van der Waals surface area contributed by atoms with E-state index in [-0.39, 0.29) is 17.9 Å². The van der Waals surface area contributed by atoms with Crippen LogP contribution in [0.5, 0.6) is 0 Å². The third kappa shape index (κ3) is 4.73. The fourth-order valence-corrected chi connectivity index (χ4v) is 3.32. The van der Waals surface area contributed by atoms with Crippen molar-refractivity contribution in [1.82, 2.24) is 14.8 Å². The summed E-state index contributed by atoms with van der Waals surface area (Å²) in [4.78, 5) is 27.0. The molecule has 3 aromatic rings. The molecule has 1 amide bonds. The number of aryl methyl sites for hydroxylation is 1. The molecule has 0 atom stereocenters. The Labute approximate surface area is 172 Å². The van der Waals surface area contributed by atoms with Crippen molar-refractivity contribution in [3.8, 4) is 6.07 Å². The second kappa shape index (κ2) is 8.76. The van der Waals surface area contributed by atoms with E-state index >= 15 is 0 Å². The van der Waals surface area contributed by atoms with Gasteiger partial charge in [-0.3, -0.25) is 9.59 Å². The first-order chi connectivity index (χ1) is 13.9. The van der Waals surface area contributed by atoms with Crippen molar-refractivity contribution >= 4 is 23.3 Å². The zero-order valence-corrected chi connectivity index (χ0v) is 16.9. The molecule has 0 aliphatic carbocycles. The number of aromatic nitrogens is 3. The zero-order chi connectivity index (χ0) is 21.0. The van der Waals surface area contributed by atoms with Gasteiger partial charge in [0.2, 0.25) is 5.91 Å². The van der Waals surface area contributed by atoms with E-state index in [2.05, 4.69) is 15.4 Å². The zero-order valence-electron chi connectivity index (χ0n) is 16.1. The number of hydrogen-bond acceptors (Lipinski definition) is 4. The Hall–Kier alpha value is -3.37. The lowest BCUT2D eigenvalue weighted by Gasteiger charge is -2.12. The monoisotopic (exact) mass is 409 g/mol. The molecule has 0 radical (unpaired) electrons. The van der Waals surface area contributed by atoms with E-state index < -0.39 is 5.56 Å². The van der Waals surface area contributed by atoms with Crippen LogP contribution in [0.2, 0.25) is 5.02 Å². The Morgan fingerprint density at radius 1 is 1.28 bits per heavy atom. The first-order valence-electron chi connectivity index (χ1n) is 9.07. The Bertz CT molecular complexity index is 1140. The summed E-state index contributed by atoms with van der Waals surface area (Å²) in [5.41, 5.74) is 2.80. The highest BCUT2D eigenvalue weighted by atomic mass is 35.5. The van der Waals surface area contributed by atoms with Crippen LogP contribution in [0, 0.1) is 25.2 Å². The van der Waals surface area contributed by atoms with E-state index in [0.29, 0.717) is 35.1 Å². The standard InChI is InChI=1S/C21H20ClN5O2/c1-13-17(14(2)25-21(29)18(13)11-23)7-8-20(28)26-19-9-10-24-27(19)12-15-3-5-16(22)6-4-15/h3-6,9-10H,7-8,12H2,1-2H3,(H,25,29)(H,26,28). The van der Waals surface area contributed by atoms with Crippen molar-refractivity contribution in [3.05, 3.63) is 79.9 Å². The average Bonchev–Trinajstić information content (AvgIpc) is 3.10. The van der Waals surface area contributed by atoms with Crippen LogP contribution in [0.25, 0.3) is 0 Å². The Morgan fingerprint density at radius 2 is 2.00 bits per heavy atom. The van der Waals surface area contributed by atoms with Crippen LogP contribution in [0.15, 0.2) is 41.3 Å². The molecule has 29 heavy (non-hydrogen) atoms. The van der Waals surface area contributed by atoms with Crippen molar-refractivity contribution in [2.45, 2.75) is 33.2 Å². The maximum absolute atomic E-state index is 12.5. The highest BCUT2D eigenvalue weighted by molar-refractivity contribution is 6.30. The van der Waals surface area contributed by atoms with Crippen LogP contribution in [0.3, 0.4) is 0 Å². The molecule has 148 valence electrons. The van der Waals surface area contributed by atoms with Gasteiger partial charge in [-0.05, 0) is 49.1 Å². The number of pyridine rings is 1. The molecule has 2 aromatic heterocycles. The van der Waals surface area contributed by atoms with E-state index in [0.717, 1.165) is 11.1 Å². The fraction of sp³-hybridized carbons (Fsp3) is 0.238. The van der Waals surface area contributed by atoms with E-state index in [9.17, 15) is 9.59 Å². The number of nitriles is 1. The minimum absolute atomic E-state index is 0.0899. The third-order valence-electron chi connectivity index (χ3n) is 4.75. The summed E-state index contributed by atoms with van der Waals surface area (Å²) in [5.74, 6) is 0.420. The van der Waals surface area contributed by atoms with Crippen molar-refractivity contribution in [2.75, 3.05) is 5.32 Å². The van der Waals surface area contributed by atoms with Crippen LogP contribution >= 0.6 is 11.6 Å². The number of H-pyrrole nitrogens is 1. The Balaban J connectivity index is 1.67. The minimum Gasteiger partial charge on any atom is -0.325 e. The molecule has 0 bridgehead atoms. The van der Waals surface area contributed by atoms with Gasteiger partial charge in [-0.1, -0.05) is 23.7 Å². The third-order valence-corrected chi connectivity index (χ3v) is 5.00. The first-order valence-corrected chi connectivity index (χ1v) is 9.45. The highest BCUT2D eigenvalue weighted by Crippen LogP contribution is 2.17. The summed E-state index contributed by atoms with van der Waals surface area (Å²) in [5, 5.41) is 17.0. The van der Waals surface area contributed by atoms with Gasteiger partial charge in [0.15, 0.2) is 0 Å². The lowest BCUT2D eigenvalue weighted by atomic mass is 9.99. The number of aromatic amines is 1. The van der Waals surface area contributed by atoms with Gasteiger partial charge in [0.25, 0.3) is 5.56 Å². The van der Waals surface area contributed by atoms with Crippen molar-refractivity contribution in [2.24, 2.45) is 0 Å². The molecule has 0 fully saturated rings. The van der Waals surface area contributed by atoms with Crippen molar-refractivity contribution < 1.29 is 4.79 Å². The number of carbonyl (C=O) groups is 1. The topological polar surface area (TPSA) is 104 Å². The second-order valence-electron chi connectivity index (χ2n) is 6.72. The predicted octanol–water partition coefficient (Wildman–Crippen LogP) is 3.33. The van der Waals surface area contributed by atoms with Crippen LogP contribution < -0.4 is 10.9 Å². The number of anilines is 1. The second-order valence-corrected chi connectivity index (χ2v) is 7.15. The lowest BCUT2D eigenvalue weighted by molar-refractivity contribution is -0.116. The van der Waals surface area contributed by atoms with Crippen LogP contribution in [0.4, 0.5) is 5.82 Å². The molecule has 3 rings (SSSR count). The van der Waals surface area contributed by atoms with E-state index in [4.69, 9.17) is 16.9 Å². The number of benzene rings is 1. The Kier molecular flexibility index (Phi) is 6.15. The average molecular weight is 410 g/mol. The molecular weight excluding hydrogens is 390 g/mol. The molecule has 0 saturated carbocycles. The van der Waals surface area contributed by atoms with Crippen molar-refractivity contribution in [1.29, 1.82) is 5.26 Å². The van der Waals surface area contributed by atoms with Gasteiger partial charge in [0.05, 0.1) is 12.7 Å². The van der Waals surface area contributed by atoms with Gasteiger partial charge < -0.3 is 10.3 Å². The molecule has 0 aliphatic rings. The number of hydrogen-bond donors (Lipinski definition) is 2. The van der Waals surface area contributed by atoms with Crippen LogP contribution in [0.1, 0.15) is 34.4 Å². The number of rotatable bonds is 6. The quantitative estimate of drug-likeness (QED) is 0.651. The van der Waals surface area contributed by atoms with Crippen molar-refractivity contribution in [3.63, 3.8) is 0 Å². The summed E-state index contributed by atoms with van der Waals surface area (Å²) in [6.07, 6.45) is 2.26. The maximum atomic E-state index is 12.5. The first kappa shape index (κ1) is 20.4. The summed E-state index contributed by atoms with van der Waals surface area (Å²) < 4.78 is 1.70. The Morgan fingerprint density at radius 3 is 2.69 bits per heavy atom. The van der Waals surface area contributed by atoms with Crippen LogP contribution in [-0.4, -0.2) is 20.7 Å². The van der Waals surface area contributed by atoms with Crippen LogP contribution in [-0.2, 0) is 17.8 Å². The summed E-state index contributed by atoms with van der Waals surface area (Å²) in [6.45, 7) is 4.00. The summed E-state index contributed by atoms with van der Waals surface area (Å²) in [7, 11) is 0. The maximum Gasteiger partial charge on any atom is 0.266 e. The lowest BCUT2D eigenvalue weighted by Crippen LogP contribution is -2.19. The largest absolute Gasteiger partial charge is 0.325 e. The number of carbonyl (C=O) groups excluding carboxylic acids is 1. The number of nitrogens with one attached hydrogen (secondary N) is 2. The minimum atomic E-state index is -0.401. The molecule has 1 aromatic carbocycles. The number of halogens is 1. The smallest absolute Gasteiger partial charge is 0.266 e. The predicted molar refractivity (Wildman–Crippen MR) is 111 cm³/mol. The molecule has 0 saturated heterocycles. The summed E-state index contributed by atoms with van der Waals surface area (Å²) in [6, 6.07) is 11.1. The molecular formula is C21H20ClN5O2. The summed E-state index contributed by atoms with van der Waals surface area (Å²) >= 11 is 5.91. The van der Waals surface area contributed by atoms with Gasteiger partial charge in [0, 0.05) is 23.2 Å². The molecule has 7 nitrogen and oxygen atoms in total. The van der Waals surface area contributed by atoms with Gasteiger partial charge in [-0.25, -0.2) is 4.68 Å². The number of nitrogens with zero attached hydrogens (tertiary/aromatic N) is 3. The molecule has 0 aliphatic heterocycles. The molecule has 2 N–H and O–H groups in total. The molecule has 0 spiro atoms. The van der Waals surface area contributed by atoms with Gasteiger partial charge in [0.1, 0.15) is 17.5 Å². The van der Waals surface area contributed by atoms with E-state index in [1.54, 1.807) is 30.8 Å². The normalized spacial score (nSPS) is 10.6. The SMILES string of the molecule is Cc1[nH]c(=O)c(C#N)c(C)c1CCC(=O)Nc1ccnn1Cc1ccc(Cl)cc1. The van der Waals surface area contributed by atoms with E-state index in [1.807, 2.05) is 30.3 Å². The molecule has 0 unspecified atom stereocenters. The van der Waals surface area contributed by atoms with Gasteiger partial charge in [-0.15, -0.1) is 0 Å². The highest BCUT2D eigenvalue weighted by Gasteiger charge is 2.14. The van der Waals surface area contributed by atoms with Gasteiger partial charge in [-0.2, -0.15) is 10.4 Å². The number of amides is 1. The van der Waals surface area contributed by atoms with E-state index in [1.165, 1.54) is 0 Å². The van der Waals surface area contributed by atoms with Gasteiger partial charge >= 0.3 is 0 Å². The molecule has 2 heterocycles.